The molecule has 2 aromatic rings. The number of hydrogen-bond acceptors (Lipinski definition) is 3. The third kappa shape index (κ3) is 5.07. The van der Waals surface area contributed by atoms with E-state index in [4.69, 9.17) is 0 Å². The lowest BCUT2D eigenvalue weighted by Gasteiger charge is -2.19. The van der Waals surface area contributed by atoms with Crippen LogP contribution in [0.5, 0.6) is 0 Å². The van der Waals surface area contributed by atoms with Crippen molar-refractivity contribution in [2.24, 2.45) is 0 Å². The number of carbonyl (C=O) groups is 2. The molecule has 0 aliphatic heterocycles. The van der Waals surface area contributed by atoms with Gasteiger partial charge in [0.15, 0.2) is 0 Å². The lowest BCUT2D eigenvalue weighted by atomic mass is 10.0. The third-order valence-electron chi connectivity index (χ3n) is 4.17. The SMILES string of the molecule is CNC(=O)c1ccc(NC(=O)NC(CCO)c2ccc(C)cc2)c(C)c1. The molecule has 1 unspecified atom stereocenters. The van der Waals surface area contributed by atoms with Crippen molar-refractivity contribution in [2.75, 3.05) is 19.0 Å². The second-order valence-corrected chi connectivity index (χ2v) is 6.18. The molecule has 4 N–H and O–H groups in total. The van der Waals surface area contributed by atoms with E-state index < -0.39 is 0 Å². The van der Waals surface area contributed by atoms with Crippen molar-refractivity contribution < 1.29 is 14.7 Å². The van der Waals surface area contributed by atoms with Crippen molar-refractivity contribution in [3.05, 3.63) is 64.7 Å². The zero-order valence-electron chi connectivity index (χ0n) is 15.3. The van der Waals surface area contributed by atoms with E-state index in [2.05, 4.69) is 16.0 Å². The molecular weight excluding hydrogens is 330 g/mol. The van der Waals surface area contributed by atoms with E-state index in [0.717, 1.165) is 16.7 Å². The number of carbonyl (C=O) groups excluding carboxylic acids is 2. The van der Waals surface area contributed by atoms with Crippen LogP contribution in [0.3, 0.4) is 0 Å². The molecule has 3 amide bonds. The Bertz CT molecular complexity index is 772. The Balaban J connectivity index is 2.08. The molecule has 138 valence electrons. The maximum atomic E-state index is 12.4. The highest BCUT2D eigenvalue weighted by Crippen LogP contribution is 2.19. The Labute approximate surface area is 153 Å². The Morgan fingerprint density at radius 2 is 1.77 bits per heavy atom. The molecule has 1 atom stereocenters. The Kier molecular flexibility index (Phi) is 6.74. The highest BCUT2D eigenvalue weighted by Gasteiger charge is 2.15. The minimum absolute atomic E-state index is 0.0291. The van der Waals surface area contributed by atoms with Crippen LogP contribution in [0.15, 0.2) is 42.5 Å². The normalized spacial score (nSPS) is 11.5. The van der Waals surface area contributed by atoms with Gasteiger partial charge in [-0.3, -0.25) is 4.79 Å². The maximum Gasteiger partial charge on any atom is 0.319 e. The Morgan fingerprint density at radius 1 is 1.08 bits per heavy atom. The smallest absolute Gasteiger partial charge is 0.319 e. The van der Waals surface area contributed by atoms with E-state index in [1.807, 2.05) is 38.1 Å². The molecular formula is C20H25N3O3. The van der Waals surface area contributed by atoms with Gasteiger partial charge in [0, 0.05) is 24.9 Å². The lowest BCUT2D eigenvalue weighted by molar-refractivity contribution is 0.0963. The van der Waals surface area contributed by atoms with E-state index in [1.165, 1.54) is 0 Å². The number of nitrogens with one attached hydrogen (secondary N) is 3. The van der Waals surface area contributed by atoms with E-state index in [9.17, 15) is 14.7 Å². The molecule has 0 aromatic heterocycles. The van der Waals surface area contributed by atoms with Gasteiger partial charge >= 0.3 is 6.03 Å². The summed E-state index contributed by atoms with van der Waals surface area (Å²) in [5.74, 6) is -0.175. The van der Waals surface area contributed by atoms with Gasteiger partial charge in [0.1, 0.15) is 0 Å². The Hall–Kier alpha value is -2.86. The number of aryl methyl sites for hydroxylation is 2. The van der Waals surface area contributed by atoms with Gasteiger partial charge in [0.2, 0.25) is 0 Å². The monoisotopic (exact) mass is 355 g/mol. The average Bonchev–Trinajstić information content (AvgIpc) is 2.63. The summed E-state index contributed by atoms with van der Waals surface area (Å²) in [5, 5.41) is 17.6. The summed E-state index contributed by atoms with van der Waals surface area (Å²) in [7, 11) is 1.57. The summed E-state index contributed by atoms with van der Waals surface area (Å²) in [5.41, 5.74) is 4.02. The predicted molar refractivity (Wildman–Crippen MR) is 102 cm³/mol. The summed E-state index contributed by atoms with van der Waals surface area (Å²) in [4.78, 5) is 24.0. The van der Waals surface area contributed by atoms with Crippen LogP contribution in [0.4, 0.5) is 10.5 Å². The van der Waals surface area contributed by atoms with Crippen molar-refractivity contribution >= 4 is 17.6 Å². The number of hydrogen-bond donors (Lipinski definition) is 4. The lowest BCUT2D eigenvalue weighted by Crippen LogP contribution is -2.33. The summed E-state index contributed by atoms with van der Waals surface area (Å²) in [6, 6.07) is 12.3. The summed E-state index contributed by atoms with van der Waals surface area (Å²) < 4.78 is 0. The molecule has 26 heavy (non-hydrogen) atoms. The van der Waals surface area contributed by atoms with Crippen LogP contribution in [-0.4, -0.2) is 30.7 Å². The van der Waals surface area contributed by atoms with Crippen LogP contribution in [0, 0.1) is 13.8 Å². The minimum Gasteiger partial charge on any atom is -0.396 e. The first-order valence-corrected chi connectivity index (χ1v) is 8.52. The molecule has 0 saturated heterocycles. The highest BCUT2D eigenvalue weighted by molar-refractivity contribution is 5.96. The van der Waals surface area contributed by atoms with Crippen molar-refractivity contribution in [1.29, 1.82) is 0 Å². The summed E-state index contributed by atoms with van der Waals surface area (Å²) >= 11 is 0. The zero-order chi connectivity index (χ0) is 19.1. The van der Waals surface area contributed by atoms with Crippen LogP contribution in [0.25, 0.3) is 0 Å². The van der Waals surface area contributed by atoms with E-state index in [-0.39, 0.29) is 24.6 Å². The van der Waals surface area contributed by atoms with Crippen LogP contribution < -0.4 is 16.0 Å². The first kappa shape index (κ1) is 19.5. The van der Waals surface area contributed by atoms with Gasteiger partial charge in [-0.15, -0.1) is 0 Å². The molecule has 6 nitrogen and oxygen atoms in total. The minimum atomic E-state index is -0.361. The molecule has 0 fully saturated rings. The fourth-order valence-electron chi connectivity index (χ4n) is 2.66. The number of aliphatic hydroxyl groups excluding tert-OH is 1. The highest BCUT2D eigenvalue weighted by atomic mass is 16.3. The molecule has 0 heterocycles. The van der Waals surface area contributed by atoms with Gasteiger partial charge in [0.25, 0.3) is 5.91 Å². The van der Waals surface area contributed by atoms with Crippen molar-refractivity contribution in [2.45, 2.75) is 26.3 Å². The predicted octanol–water partition coefficient (Wildman–Crippen LogP) is 2.91. The van der Waals surface area contributed by atoms with Crippen LogP contribution >= 0.6 is 0 Å². The standard InChI is InChI=1S/C20H25N3O3/c1-13-4-6-15(7-5-13)18(10-11-24)23-20(26)22-17-9-8-16(12-14(17)2)19(25)21-3/h4-9,12,18,24H,10-11H2,1-3H3,(H,21,25)(H2,22,23,26). The molecule has 2 aromatic carbocycles. The number of urea groups is 1. The van der Waals surface area contributed by atoms with Gasteiger partial charge in [-0.25, -0.2) is 4.79 Å². The number of rotatable bonds is 6. The molecule has 0 radical (unpaired) electrons. The molecule has 0 aliphatic rings. The van der Waals surface area contributed by atoms with E-state index in [1.54, 1.807) is 25.2 Å². The molecule has 0 aliphatic carbocycles. The van der Waals surface area contributed by atoms with Gasteiger partial charge in [-0.05, 0) is 49.6 Å². The fourth-order valence-corrected chi connectivity index (χ4v) is 2.66. The van der Waals surface area contributed by atoms with E-state index in [0.29, 0.717) is 17.7 Å². The van der Waals surface area contributed by atoms with Crippen LogP contribution in [0.2, 0.25) is 0 Å². The van der Waals surface area contributed by atoms with Gasteiger partial charge < -0.3 is 21.1 Å². The molecule has 0 saturated carbocycles. The average molecular weight is 355 g/mol. The summed E-state index contributed by atoms with van der Waals surface area (Å²) in [6.45, 7) is 3.79. The molecule has 6 heteroatoms. The molecule has 0 spiro atoms. The number of amides is 3. The Morgan fingerprint density at radius 3 is 2.35 bits per heavy atom. The van der Waals surface area contributed by atoms with Crippen molar-refractivity contribution in [3.63, 3.8) is 0 Å². The zero-order valence-corrected chi connectivity index (χ0v) is 15.3. The second kappa shape index (κ2) is 9.01. The van der Waals surface area contributed by atoms with Crippen LogP contribution in [0.1, 0.15) is 39.5 Å². The van der Waals surface area contributed by atoms with Gasteiger partial charge in [0.05, 0.1) is 6.04 Å². The van der Waals surface area contributed by atoms with Gasteiger partial charge in [-0.2, -0.15) is 0 Å². The molecule has 0 bridgehead atoms. The van der Waals surface area contributed by atoms with Crippen molar-refractivity contribution in [3.8, 4) is 0 Å². The van der Waals surface area contributed by atoms with Gasteiger partial charge in [-0.1, -0.05) is 29.8 Å². The molecule has 2 rings (SSSR count). The van der Waals surface area contributed by atoms with E-state index >= 15 is 0 Å². The fraction of sp³-hybridized carbons (Fsp3) is 0.300. The maximum absolute atomic E-state index is 12.4. The first-order valence-electron chi connectivity index (χ1n) is 8.52. The largest absolute Gasteiger partial charge is 0.396 e. The van der Waals surface area contributed by atoms with Crippen LogP contribution in [-0.2, 0) is 0 Å². The first-order chi connectivity index (χ1) is 12.4. The number of aliphatic hydroxyl groups is 1. The van der Waals surface area contributed by atoms with Crippen molar-refractivity contribution in [1.82, 2.24) is 10.6 Å². The number of benzene rings is 2. The topological polar surface area (TPSA) is 90.5 Å². The second-order valence-electron chi connectivity index (χ2n) is 6.18. The third-order valence-corrected chi connectivity index (χ3v) is 4.17. The quantitative estimate of drug-likeness (QED) is 0.642. The summed E-state index contributed by atoms with van der Waals surface area (Å²) in [6.07, 6.45) is 0.422. The number of anilines is 1.